The van der Waals surface area contributed by atoms with Crippen LogP contribution in [0.25, 0.3) is 0 Å². The zero-order valence-corrected chi connectivity index (χ0v) is 19.0. The van der Waals surface area contributed by atoms with Gasteiger partial charge in [-0.25, -0.2) is 9.97 Å². The van der Waals surface area contributed by atoms with Crippen molar-refractivity contribution in [2.75, 3.05) is 41.9 Å². The number of benzene rings is 1. The quantitative estimate of drug-likeness (QED) is 0.226. The van der Waals surface area contributed by atoms with Crippen molar-refractivity contribution >= 4 is 40.9 Å². The van der Waals surface area contributed by atoms with Gasteiger partial charge >= 0.3 is 0 Å². The summed E-state index contributed by atoms with van der Waals surface area (Å²) in [4.78, 5) is 37.8. The molecule has 3 aromatic rings. The average molecular weight is 476 g/mol. The van der Waals surface area contributed by atoms with Crippen molar-refractivity contribution < 1.29 is 24.2 Å². The van der Waals surface area contributed by atoms with Crippen LogP contribution in [0.5, 0.6) is 11.6 Å². The lowest BCUT2D eigenvalue weighted by molar-refractivity contribution is -0.104. The second kappa shape index (κ2) is 11.1. The van der Waals surface area contributed by atoms with Gasteiger partial charge in [0.05, 0.1) is 36.3 Å². The molecule has 0 saturated carbocycles. The van der Waals surface area contributed by atoms with Gasteiger partial charge in [-0.3, -0.25) is 9.59 Å². The summed E-state index contributed by atoms with van der Waals surface area (Å²) in [5.41, 5.74) is 2.41. The van der Waals surface area contributed by atoms with Crippen molar-refractivity contribution in [2.45, 2.75) is 6.92 Å². The SMILES string of the molecule is CC(=O)c1cnc(Nc2ccc(OCCO)nc2)nc1Nc1ccc2c(c1)N(C=CC=O)CCO2. The zero-order chi connectivity index (χ0) is 24.6. The number of nitrogens with one attached hydrogen (secondary N) is 2. The van der Waals surface area contributed by atoms with Gasteiger partial charge in [-0.05, 0) is 37.3 Å². The largest absolute Gasteiger partial charge is 0.490 e. The van der Waals surface area contributed by atoms with Gasteiger partial charge in [-0.2, -0.15) is 4.98 Å². The van der Waals surface area contributed by atoms with Crippen LogP contribution in [0.4, 0.5) is 28.8 Å². The van der Waals surface area contributed by atoms with Crippen LogP contribution in [0.15, 0.2) is 55.0 Å². The topological polar surface area (TPSA) is 139 Å². The van der Waals surface area contributed by atoms with Gasteiger partial charge in [-0.15, -0.1) is 0 Å². The summed E-state index contributed by atoms with van der Waals surface area (Å²) in [5, 5.41) is 15.1. The maximum absolute atomic E-state index is 12.2. The second-order valence-electron chi connectivity index (χ2n) is 7.42. The molecule has 0 radical (unpaired) electrons. The molecule has 0 bridgehead atoms. The Morgan fingerprint density at radius 2 is 2.06 bits per heavy atom. The van der Waals surface area contributed by atoms with E-state index in [-0.39, 0.29) is 24.9 Å². The van der Waals surface area contributed by atoms with Gasteiger partial charge in [0.25, 0.3) is 0 Å². The van der Waals surface area contributed by atoms with Crippen LogP contribution in [0, 0.1) is 0 Å². The molecule has 0 spiro atoms. The summed E-state index contributed by atoms with van der Waals surface area (Å²) in [6.45, 7) is 2.60. The van der Waals surface area contributed by atoms with Gasteiger partial charge < -0.3 is 30.1 Å². The van der Waals surface area contributed by atoms with E-state index >= 15 is 0 Å². The van der Waals surface area contributed by atoms with E-state index in [9.17, 15) is 9.59 Å². The van der Waals surface area contributed by atoms with E-state index in [0.717, 1.165) is 12.0 Å². The summed E-state index contributed by atoms with van der Waals surface area (Å²) in [5.74, 6) is 1.47. The predicted molar refractivity (Wildman–Crippen MR) is 130 cm³/mol. The first-order valence-electron chi connectivity index (χ1n) is 10.8. The predicted octanol–water partition coefficient (Wildman–Crippen LogP) is 2.84. The van der Waals surface area contributed by atoms with Crippen molar-refractivity contribution in [1.82, 2.24) is 15.0 Å². The van der Waals surface area contributed by atoms with Crippen LogP contribution < -0.4 is 25.0 Å². The molecule has 3 heterocycles. The molecule has 2 aromatic heterocycles. The number of aldehydes is 1. The number of anilines is 5. The molecule has 0 amide bonds. The average Bonchev–Trinajstić information content (AvgIpc) is 2.87. The number of ketones is 1. The van der Waals surface area contributed by atoms with Crippen molar-refractivity contribution in [3.8, 4) is 11.6 Å². The van der Waals surface area contributed by atoms with Crippen molar-refractivity contribution in [3.05, 3.63) is 60.6 Å². The Bertz CT molecular complexity index is 1230. The highest BCUT2D eigenvalue weighted by Gasteiger charge is 2.18. The van der Waals surface area contributed by atoms with Gasteiger partial charge in [-0.1, -0.05) is 0 Å². The van der Waals surface area contributed by atoms with Gasteiger partial charge in [0, 0.05) is 24.2 Å². The van der Waals surface area contributed by atoms with E-state index < -0.39 is 0 Å². The van der Waals surface area contributed by atoms with E-state index in [0.29, 0.717) is 47.5 Å². The number of Topliss-reactive ketones (excluding diaryl/α,β-unsaturated/α-hetero) is 1. The molecule has 4 rings (SSSR count). The van der Waals surface area contributed by atoms with Crippen LogP contribution in [-0.2, 0) is 4.79 Å². The number of carbonyl (C=O) groups excluding carboxylic acids is 2. The molecule has 0 atom stereocenters. The van der Waals surface area contributed by atoms with Crippen molar-refractivity contribution in [2.24, 2.45) is 0 Å². The molecule has 0 aliphatic carbocycles. The number of fused-ring (bicyclic) bond motifs is 1. The fourth-order valence-corrected chi connectivity index (χ4v) is 3.36. The number of aliphatic hydroxyl groups is 1. The van der Waals surface area contributed by atoms with Crippen molar-refractivity contribution in [3.63, 3.8) is 0 Å². The lowest BCUT2D eigenvalue weighted by Gasteiger charge is -2.28. The monoisotopic (exact) mass is 476 g/mol. The number of pyridine rings is 1. The zero-order valence-electron chi connectivity index (χ0n) is 19.0. The van der Waals surface area contributed by atoms with Crippen LogP contribution >= 0.6 is 0 Å². The highest BCUT2D eigenvalue weighted by molar-refractivity contribution is 5.99. The number of aromatic nitrogens is 3. The normalized spacial score (nSPS) is 12.6. The number of hydrogen-bond acceptors (Lipinski definition) is 11. The Balaban J connectivity index is 1.57. The first-order chi connectivity index (χ1) is 17.1. The number of hydrogen-bond donors (Lipinski definition) is 3. The number of allylic oxidation sites excluding steroid dienone is 1. The van der Waals surface area contributed by atoms with E-state index in [2.05, 4.69) is 25.6 Å². The Labute approximate surface area is 201 Å². The highest BCUT2D eigenvalue weighted by atomic mass is 16.5. The molecule has 11 nitrogen and oxygen atoms in total. The van der Waals surface area contributed by atoms with E-state index in [1.54, 1.807) is 24.5 Å². The standard InChI is InChI=1S/C24H24N6O5/c1-16(33)19-15-26-24(28-18-4-6-22(25-14-18)35-12-10-32)29-23(19)27-17-3-5-21-20(13-17)30(7-2-9-31)8-11-34-21/h2-7,9,13-15,32H,8,10-12H2,1H3,(H2,26,27,28,29). The number of aliphatic hydroxyl groups excluding tert-OH is 1. The lowest BCUT2D eigenvalue weighted by Crippen LogP contribution is -2.28. The summed E-state index contributed by atoms with van der Waals surface area (Å²) in [7, 11) is 0. The molecule has 0 fully saturated rings. The van der Waals surface area contributed by atoms with Crippen LogP contribution in [0.3, 0.4) is 0 Å². The summed E-state index contributed by atoms with van der Waals surface area (Å²) in [6.07, 6.45) is 6.84. The molecular formula is C24H24N6O5. The Morgan fingerprint density at radius 3 is 2.80 bits per heavy atom. The van der Waals surface area contributed by atoms with Gasteiger partial charge in [0.1, 0.15) is 31.1 Å². The fraction of sp³-hybridized carbons (Fsp3) is 0.208. The minimum atomic E-state index is -0.192. The van der Waals surface area contributed by atoms with E-state index in [1.165, 1.54) is 19.2 Å². The molecule has 1 aliphatic rings. The maximum Gasteiger partial charge on any atom is 0.229 e. The third kappa shape index (κ3) is 5.89. The lowest BCUT2D eigenvalue weighted by atomic mass is 10.2. The molecule has 0 saturated heterocycles. The number of ether oxygens (including phenoxy) is 2. The molecule has 180 valence electrons. The number of carbonyl (C=O) groups is 2. The van der Waals surface area contributed by atoms with Crippen molar-refractivity contribution in [1.29, 1.82) is 0 Å². The third-order valence-corrected chi connectivity index (χ3v) is 4.97. The molecule has 3 N–H and O–H groups in total. The number of nitrogens with zero attached hydrogens (tertiary/aromatic N) is 4. The second-order valence-corrected chi connectivity index (χ2v) is 7.42. The first kappa shape index (κ1) is 23.6. The maximum atomic E-state index is 12.2. The van der Waals surface area contributed by atoms with Crippen LogP contribution in [-0.4, -0.2) is 58.5 Å². The van der Waals surface area contributed by atoms with Gasteiger partial charge in [0.2, 0.25) is 11.8 Å². The summed E-state index contributed by atoms with van der Waals surface area (Å²) < 4.78 is 11.0. The number of rotatable bonds is 10. The molecule has 0 unspecified atom stereocenters. The molecule has 1 aromatic carbocycles. The van der Waals surface area contributed by atoms with Gasteiger partial charge in [0.15, 0.2) is 5.78 Å². The Hall–Kier alpha value is -4.51. The summed E-state index contributed by atoms with van der Waals surface area (Å²) >= 11 is 0. The molecule has 35 heavy (non-hydrogen) atoms. The molecule has 1 aliphatic heterocycles. The Morgan fingerprint density at radius 1 is 1.20 bits per heavy atom. The van der Waals surface area contributed by atoms with E-state index in [1.807, 2.05) is 23.1 Å². The smallest absolute Gasteiger partial charge is 0.229 e. The Kier molecular flexibility index (Phi) is 7.48. The van der Waals surface area contributed by atoms with Crippen LogP contribution in [0.1, 0.15) is 17.3 Å². The first-order valence-corrected chi connectivity index (χ1v) is 10.8. The molecular weight excluding hydrogens is 452 g/mol. The third-order valence-electron chi connectivity index (χ3n) is 4.97. The molecule has 11 heteroatoms. The minimum absolute atomic E-state index is 0.0987. The van der Waals surface area contributed by atoms with E-state index in [4.69, 9.17) is 14.6 Å². The summed E-state index contributed by atoms with van der Waals surface area (Å²) in [6, 6.07) is 8.89. The fourth-order valence-electron chi connectivity index (χ4n) is 3.36. The van der Waals surface area contributed by atoms with Crippen LogP contribution in [0.2, 0.25) is 0 Å². The highest BCUT2D eigenvalue weighted by Crippen LogP contribution is 2.35. The minimum Gasteiger partial charge on any atom is -0.490 e.